The number of ether oxygens (including phenoxy) is 2. The van der Waals surface area contributed by atoms with Crippen molar-refractivity contribution in [3.8, 4) is 0 Å². The van der Waals surface area contributed by atoms with Gasteiger partial charge in [-0.3, -0.25) is 0 Å². The number of methoxy groups -OCH3 is 1. The van der Waals surface area contributed by atoms with Crippen molar-refractivity contribution in [2.45, 2.75) is 32.7 Å². The molecule has 0 saturated carbocycles. The molecule has 1 N–H and O–H groups in total. The van der Waals surface area contributed by atoms with Crippen LogP contribution in [0.15, 0.2) is 24.3 Å². The van der Waals surface area contributed by atoms with Crippen LogP contribution in [0.2, 0.25) is 0 Å². The van der Waals surface area contributed by atoms with E-state index in [9.17, 15) is 0 Å². The monoisotopic (exact) mass is 265 g/mol. The van der Waals surface area contributed by atoms with Crippen molar-refractivity contribution >= 4 is 0 Å². The summed E-state index contributed by atoms with van der Waals surface area (Å²) in [5, 5.41) is 3.50. The van der Waals surface area contributed by atoms with E-state index >= 15 is 0 Å². The first-order chi connectivity index (χ1) is 9.38. The fourth-order valence-electron chi connectivity index (χ4n) is 2.00. The normalized spacial score (nSPS) is 10.8. The van der Waals surface area contributed by atoms with E-state index in [0.717, 1.165) is 39.0 Å². The third-order valence-corrected chi connectivity index (χ3v) is 3.14. The van der Waals surface area contributed by atoms with Gasteiger partial charge in [0.25, 0.3) is 0 Å². The molecule has 0 aliphatic rings. The highest BCUT2D eigenvalue weighted by Gasteiger charge is 1.98. The second-order valence-electron chi connectivity index (χ2n) is 4.61. The molecule has 1 aromatic carbocycles. The maximum absolute atomic E-state index is 5.42. The van der Waals surface area contributed by atoms with Crippen LogP contribution in [0.25, 0.3) is 0 Å². The van der Waals surface area contributed by atoms with Crippen LogP contribution in [0.5, 0.6) is 0 Å². The molecule has 0 spiro atoms. The van der Waals surface area contributed by atoms with Crippen molar-refractivity contribution in [3.05, 3.63) is 35.4 Å². The first kappa shape index (κ1) is 16.2. The molecular formula is C16H27NO2. The quantitative estimate of drug-likeness (QED) is 0.624. The van der Waals surface area contributed by atoms with Crippen molar-refractivity contribution < 1.29 is 9.47 Å². The molecule has 0 bridgehead atoms. The summed E-state index contributed by atoms with van der Waals surface area (Å²) in [4.78, 5) is 0. The van der Waals surface area contributed by atoms with Crippen molar-refractivity contribution in [3.63, 3.8) is 0 Å². The van der Waals surface area contributed by atoms with Gasteiger partial charge in [-0.15, -0.1) is 0 Å². The van der Waals surface area contributed by atoms with Gasteiger partial charge in [-0.2, -0.15) is 0 Å². The molecule has 1 aromatic rings. The van der Waals surface area contributed by atoms with Gasteiger partial charge in [0.1, 0.15) is 0 Å². The summed E-state index contributed by atoms with van der Waals surface area (Å²) in [5.41, 5.74) is 2.86. The Kier molecular flexibility index (Phi) is 9.33. The van der Waals surface area contributed by atoms with Crippen LogP contribution >= 0.6 is 0 Å². The first-order valence-electron chi connectivity index (χ1n) is 7.22. The van der Waals surface area contributed by atoms with E-state index in [1.807, 2.05) is 0 Å². The van der Waals surface area contributed by atoms with Crippen LogP contribution in [0.4, 0.5) is 0 Å². The second kappa shape index (κ2) is 11.0. The van der Waals surface area contributed by atoms with Gasteiger partial charge in [0, 0.05) is 20.3 Å². The molecule has 19 heavy (non-hydrogen) atoms. The Hall–Kier alpha value is -0.900. The summed E-state index contributed by atoms with van der Waals surface area (Å²) >= 11 is 0. The molecule has 0 unspecified atom stereocenters. The van der Waals surface area contributed by atoms with Gasteiger partial charge in [0.2, 0.25) is 0 Å². The molecule has 108 valence electrons. The standard InChI is InChI=1S/C16H27NO2/c1-3-15-8-4-5-9-16(15)14-17-10-6-7-11-19-13-12-18-2/h4-5,8-9,17H,3,6-7,10-14H2,1-2H3. The Balaban J connectivity index is 2.01. The highest BCUT2D eigenvalue weighted by molar-refractivity contribution is 5.26. The summed E-state index contributed by atoms with van der Waals surface area (Å²) in [6.45, 7) is 6.44. The zero-order valence-corrected chi connectivity index (χ0v) is 12.3. The third kappa shape index (κ3) is 7.31. The molecule has 0 amide bonds. The first-order valence-corrected chi connectivity index (χ1v) is 7.22. The predicted molar refractivity (Wildman–Crippen MR) is 79.5 cm³/mol. The lowest BCUT2D eigenvalue weighted by atomic mass is 10.1. The average molecular weight is 265 g/mol. The van der Waals surface area contributed by atoms with Gasteiger partial charge >= 0.3 is 0 Å². The molecular weight excluding hydrogens is 238 g/mol. The number of nitrogens with one attached hydrogen (secondary N) is 1. The summed E-state index contributed by atoms with van der Waals surface area (Å²) in [6, 6.07) is 8.64. The number of benzene rings is 1. The Labute approximate surface area is 117 Å². The van der Waals surface area contributed by atoms with Gasteiger partial charge in [-0.05, 0) is 36.9 Å². The minimum atomic E-state index is 0.687. The lowest BCUT2D eigenvalue weighted by Crippen LogP contribution is -2.16. The molecule has 0 aliphatic heterocycles. The summed E-state index contributed by atoms with van der Waals surface area (Å²) in [6.07, 6.45) is 3.36. The number of rotatable bonds is 11. The Morgan fingerprint density at radius 2 is 1.79 bits per heavy atom. The van der Waals surface area contributed by atoms with E-state index in [0.29, 0.717) is 13.2 Å². The fraction of sp³-hybridized carbons (Fsp3) is 0.625. The average Bonchev–Trinajstić information content (AvgIpc) is 2.46. The van der Waals surface area contributed by atoms with E-state index in [1.54, 1.807) is 7.11 Å². The van der Waals surface area contributed by atoms with Crippen LogP contribution in [0, 0.1) is 0 Å². The number of unbranched alkanes of at least 4 members (excludes halogenated alkanes) is 1. The highest BCUT2D eigenvalue weighted by Crippen LogP contribution is 2.08. The number of aryl methyl sites for hydroxylation is 1. The maximum Gasteiger partial charge on any atom is 0.0700 e. The smallest absolute Gasteiger partial charge is 0.0700 e. The molecule has 0 atom stereocenters. The maximum atomic E-state index is 5.42. The van der Waals surface area contributed by atoms with Gasteiger partial charge in [-0.25, -0.2) is 0 Å². The van der Waals surface area contributed by atoms with Crippen molar-refractivity contribution in [2.75, 3.05) is 33.5 Å². The largest absolute Gasteiger partial charge is 0.382 e. The fourth-order valence-corrected chi connectivity index (χ4v) is 2.00. The van der Waals surface area contributed by atoms with E-state index in [4.69, 9.17) is 9.47 Å². The number of hydrogen-bond donors (Lipinski definition) is 1. The van der Waals surface area contributed by atoms with E-state index < -0.39 is 0 Å². The predicted octanol–water partition coefficient (Wildman–Crippen LogP) is 2.78. The molecule has 3 nitrogen and oxygen atoms in total. The van der Waals surface area contributed by atoms with Crippen LogP contribution in [-0.2, 0) is 22.4 Å². The van der Waals surface area contributed by atoms with Crippen molar-refractivity contribution in [1.29, 1.82) is 0 Å². The lowest BCUT2D eigenvalue weighted by Gasteiger charge is -2.09. The van der Waals surface area contributed by atoms with E-state index in [-0.39, 0.29) is 0 Å². The minimum absolute atomic E-state index is 0.687. The molecule has 0 heterocycles. The number of hydrogen-bond acceptors (Lipinski definition) is 3. The van der Waals surface area contributed by atoms with Crippen molar-refractivity contribution in [2.24, 2.45) is 0 Å². The molecule has 1 rings (SSSR count). The summed E-state index contributed by atoms with van der Waals surface area (Å²) < 4.78 is 10.3. The minimum Gasteiger partial charge on any atom is -0.382 e. The summed E-state index contributed by atoms with van der Waals surface area (Å²) in [7, 11) is 1.70. The molecule has 0 aromatic heterocycles. The zero-order valence-electron chi connectivity index (χ0n) is 12.3. The molecule has 0 fully saturated rings. The Bertz CT molecular complexity index is 328. The third-order valence-electron chi connectivity index (χ3n) is 3.14. The zero-order chi connectivity index (χ0) is 13.8. The lowest BCUT2D eigenvalue weighted by molar-refractivity contribution is 0.0688. The topological polar surface area (TPSA) is 30.5 Å². The Morgan fingerprint density at radius 1 is 1.00 bits per heavy atom. The Morgan fingerprint density at radius 3 is 2.53 bits per heavy atom. The summed E-state index contributed by atoms with van der Waals surface area (Å²) in [5.74, 6) is 0. The van der Waals surface area contributed by atoms with Gasteiger partial charge in [0.05, 0.1) is 13.2 Å². The van der Waals surface area contributed by atoms with E-state index in [2.05, 4.69) is 36.5 Å². The molecule has 0 saturated heterocycles. The molecule has 0 aliphatic carbocycles. The molecule has 0 radical (unpaired) electrons. The molecule has 3 heteroatoms. The SMILES string of the molecule is CCc1ccccc1CNCCCCOCCOC. The van der Waals surface area contributed by atoms with Crippen LogP contribution in [-0.4, -0.2) is 33.5 Å². The van der Waals surface area contributed by atoms with Gasteiger partial charge < -0.3 is 14.8 Å². The van der Waals surface area contributed by atoms with Gasteiger partial charge in [0.15, 0.2) is 0 Å². The van der Waals surface area contributed by atoms with Gasteiger partial charge in [-0.1, -0.05) is 31.2 Å². The highest BCUT2D eigenvalue weighted by atomic mass is 16.5. The van der Waals surface area contributed by atoms with Crippen LogP contribution in [0.1, 0.15) is 30.9 Å². The van der Waals surface area contributed by atoms with E-state index in [1.165, 1.54) is 11.1 Å². The van der Waals surface area contributed by atoms with Crippen LogP contribution < -0.4 is 5.32 Å². The van der Waals surface area contributed by atoms with Crippen molar-refractivity contribution in [1.82, 2.24) is 5.32 Å². The van der Waals surface area contributed by atoms with Crippen LogP contribution in [0.3, 0.4) is 0 Å². The second-order valence-corrected chi connectivity index (χ2v) is 4.61.